The Morgan fingerprint density at radius 2 is 1.54 bits per heavy atom. The van der Waals surface area contributed by atoms with Crippen LogP contribution in [0.5, 0.6) is 17.2 Å². The van der Waals surface area contributed by atoms with Gasteiger partial charge in [0.2, 0.25) is 11.7 Å². The third kappa shape index (κ3) is 9.15. The van der Waals surface area contributed by atoms with Gasteiger partial charge in [-0.1, -0.05) is 6.92 Å². The van der Waals surface area contributed by atoms with Gasteiger partial charge >= 0.3 is 12.1 Å². The van der Waals surface area contributed by atoms with Crippen molar-refractivity contribution in [3.8, 4) is 17.2 Å². The fourth-order valence-electron chi connectivity index (χ4n) is 3.27. The lowest BCUT2D eigenvalue weighted by Crippen LogP contribution is -2.47. The van der Waals surface area contributed by atoms with E-state index in [0.29, 0.717) is 55.4 Å². The minimum atomic E-state index is -5.08. The molecule has 0 bridgehead atoms. The average molecular weight is 508 g/mol. The summed E-state index contributed by atoms with van der Waals surface area (Å²) in [7, 11) is 4.55. The second-order valence-electron chi connectivity index (χ2n) is 7.39. The van der Waals surface area contributed by atoms with Crippen molar-refractivity contribution in [3.05, 3.63) is 17.7 Å². The Bertz CT molecular complexity index is 834. The number of carbonyl (C=O) groups excluding carboxylic acids is 2. The Morgan fingerprint density at radius 1 is 1.03 bits per heavy atom. The minimum Gasteiger partial charge on any atom is -0.493 e. The number of carboxylic acids is 1. The Balaban J connectivity index is 0.000000762. The molecule has 2 rings (SSSR count). The second-order valence-corrected chi connectivity index (χ2v) is 7.39. The van der Waals surface area contributed by atoms with E-state index in [1.807, 2.05) is 11.8 Å². The van der Waals surface area contributed by atoms with Gasteiger partial charge in [0, 0.05) is 51.3 Å². The summed E-state index contributed by atoms with van der Waals surface area (Å²) in [6.45, 7) is 6.02. The van der Waals surface area contributed by atoms with Gasteiger partial charge in [-0.2, -0.15) is 13.2 Å². The van der Waals surface area contributed by atoms with Crippen LogP contribution in [-0.2, 0) is 9.59 Å². The SMILES string of the molecule is CCCN(CCC(=O)N1CCNCC1)C(=O)c1cc(OC)c(OC)c(OC)c1.O=C(O)C(F)(F)F. The maximum absolute atomic E-state index is 13.1. The molecule has 2 amide bonds. The number of ether oxygens (including phenoxy) is 3. The van der Waals surface area contributed by atoms with E-state index < -0.39 is 12.1 Å². The van der Waals surface area contributed by atoms with Crippen LogP contribution in [0.3, 0.4) is 0 Å². The number of amides is 2. The summed E-state index contributed by atoms with van der Waals surface area (Å²) in [5, 5.41) is 10.4. The van der Waals surface area contributed by atoms with Crippen LogP contribution in [-0.4, -0.2) is 99.5 Å². The minimum absolute atomic E-state index is 0.0836. The number of nitrogens with one attached hydrogen (secondary N) is 1. The molecule has 0 saturated carbocycles. The third-order valence-electron chi connectivity index (χ3n) is 5.00. The van der Waals surface area contributed by atoms with Crippen LogP contribution in [0.15, 0.2) is 12.1 Å². The van der Waals surface area contributed by atoms with Crippen molar-refractivity contribution in [2.24, 2.45) is 0 Å². The molecule has 1 heterocycles. The maximum Gasteiger partial charge on any atom is 0.490 e. The first-order chi connectivity index (χ1) is 16.5. The molecule has 1 aliphatic heterocycles. The van der Waals surface area contributed by atoms with Gasteiger partial charge in [-0.15, -0.1) is 0 Å². The zero-order valence-electron chi connectivity index (χ0n) is 20.2. The van der Waals surface area contributed by atoms with Crippen LogP contribution in [0.2, 0.25) is 0 Å². The highest BCUT2D eigenvalue weighted by atomic mass is 19.4. The molecule has 13 heteroatoms. The van der Waals surface area contributed by atoms with Crippen LogP contribution in [0.4, 0.5) is 13.2 Å². The Morgan fingerprint density at radius 3 is 1.94 bits per heavy atom. The first kappa shape index (κ1) is 29.8. The molecule has 0 spiro atoms. The molecule has 1 fully saturated rings. The Kier molecular flexibility index (Phi) is 12.1. The lowest BCUT2D eigenvalue weighted by molar-refractivity contribution is -0.192. The zero-order valence-corrected chi connectivity index (χ0v) is 20.2. The van der Waals surface area contributed by atoms with Crippen LogP contribution < -0.4 is 19.5 Å². The van der Waals surface area contributed by atoms with Gasteiger partial charge in [-0.05, 0) is 18.6 Å². The van der Waals surface area contributed by atoms with Crippen molar-refractivity contribution in [1.82, 2.24) is 15.1 Å². The normalized spacial score (nSPS) is 13.3. The second kappa shape index (κ2) is 14.2. The molecule has 0 atom stereocenters. The predicted octanol–water partition coefficient (Wildman–Crippen LogP) is 2.02. The molecule has 0 aliphatic carbocycles. The number of hydrogen-bond acceptors (Lipinski definition) is 7. The van der Waals surface area contributed by atoms with Crippen molar-refractivity contribution in [1.29, 1.82) is 0 Å². The molecule has 35 heavy (non-hydrogen) atoms. The highest BCUT2D eigenvalue weighted by Crippen LogP contribution is 2.38. The number of nitrogens with zero attached hydrogens (tertiary/aromatic N) is 2. The number of aliphatic carboxylic acids is 1. The lowest BCUT2D eigenvalue weighted by Gasteiger charge is -2.29. The largest absolute Gasteiger partial charge is 0.493 e. The standard InChI is InChI=1S/C20H31N3O5.C2HF3O2/c1-5-9-23(10-6-18(24)22-11-7-21-8-12-22)20(25)15-13-16(26-2)19(28-4)17(14-15)27-3;3-2(4,5)1(6)7/h13-14,21H,5-12H2,1-4H3;(H,6,7). The molecule has 1 aliphatic rings. The quantitative estimate of drug-likeness (QED) is 0.522. The number of carbonyl (C=O) groups is 3. The van der Waals surface area contributed by atoms with E-state index in [1.165, 1.54) is 21.3 Å². The Hall–Kier alpha value is -3.22. The van der Waals surface area contributed by atoms with Crippen molar-refractivity contribution in [2.45, 2.75) is 25.9 Å². The van der Waals surface area contributed by atoms with E-state index in [4.69, 9.17) is 24.1 Å². The number of piperazine rings is 1. The number of carboxylic acid groups (broad SMARTS) is 1. The van der Waals surface area contributed by atoms with Gasteiger partial charge < -0.3 is 34.4 Å². The molecule has 1 aromatic rings. The fourth-order valence-corrected chi connectivity index (χ4v) is 3.27. The molecule has 0 radical (unpaired) electrons. The van der Waals surface area contributed by atoms with Gasteiger partial charge in [0.05, 0.1) is 21.3 Å². The highest BCUT2D eigenvalue weighted by Gasteiger charge is 2.38. The van der Waals surface area contributed by atoms with Gasteiger partial charge in [-0.25, -0.2) is 4.79 Å². The number of hydrogen-bond donors (Lipinski definition) is 2. The topological polar surface area (TPSA) is 118 Å². The van der Waals surface area contributed by atoms with E-state index in [-0.39, 0.29) is 11.8 Å². The Labute approximate surface area is 201 Å². The molecular formula is C22H32F3N3O7. The van der Waals surface area contributed by atoms with E-state index in [0.717, 1.165) is 19.5 Å². The number of rotatable bonds is 9. The van der Waals surface area contributed by atoms with Crippen molar-refractivity contribution in [2.75, 3.05) is 60.6 Å². The molecule has 0 unspecified atom stereocenters. The van der Waals surface area contributed by atoms with Crippen LogP contribution in [0.1, 0.15) is 30.1 Å². The molecule has 2 N–H and O–H groups in total. The zero-order chi connectivity index (χ0) is 26.6. The highest BCUT2D eigenvalue weighted by molar-refractivity contribution is 5.96. The first-order valence-electron chi connectivity index (χ1n) is 10.9. The van der Waals surface area contributed by atoms with Crippen LogP contribution in [0.25, 0.3) is 0 Å². The van der Waals surface area contributed by atoms with E-state index in [1.54, 1.807) is 17.0 Å². The summed E-state index contributed by atoms with van der Waals surface area (Å²) in [6.07, 6.45) is -3.96. The predicted molar refractivity (Wildman–Crippen MR) is 120 cm³/mol. The van der Waals surface area contributed by atoms with Gasteiger partial charge in [-0.3, -0.25) is 9.59 Å². The van der Waals surface area contributed by atoms with Crippen molar-refractivity contribution < 1.29 is 46.9 Å². The average Bonchev–Trinajstić information content (AvgIpc) is 2.85. The molecule has 10 nitrogen and oxygen atoms in total. The summed E-state index contributed by atoms with van der Waals surface area (Å²) in [5.41, 5.74) is 0.442. The molecule has 1 saturated heterocycles. The number of alkyl halides is 3. The maximum atomic E-state index is 13.1. The summed E-state index contributed by atoms with van der Waals surface area (Å²) in [5.74, 6) is -1.53. The van der Waals surface area contributed by atoms with Crippen molar-refractivity contribution in [3.63, 3.8) is 0 Å². The van der Waals surface area contributed by atoms with Gasteiger partial charge in [0.1, 0.15) is 0 Å². The molecule has 198 valence electrons. The van der Waals surface area contributed by atoms with E-state index >= 15 is 0 Å². The smallest absolute Gasteiger partial charge is 0.490 e. The van der Waals surface area contributed by atoms with E-state index in [9.17, 15) is 22.8 Å². The van der Waals surface area contributed by atoms with Crippen LogP contribution in [0, 0.1) is 0 Å². The fraction of sp³-hybridized carbons (Fsp3) is 0.591. The van der Waals surface area contributed by atoms with E-state index in [2.05, 4.69) is 5.32 Å². The first-order valence-corrected chi connectivity index (χ1v) is 10.9. The van der Waals surface area contributed by atoms with Gasteiger partial charge in [0.25, 0.3) is 5.91 Å². The number of methoxy groups -OCH3 is 3. The summed E-state index contributed by atoms with van der Waals surface area (Å²) < 4.78 is 47.7. The van der Waals surface area contributed by atoms with Crippen LogP contribution >= 0.6 is 0 Å². The summed E-state index contributed by atoms with van der Waals surface area (Å²) >= 11 is 0. The van der Waals surface area contributed by atoms with Crippen molar-refractivity contribution >= 4 is 17.8 Å². The summed E-state index contributed by atoms with van der Waals surface area (Å²) in [4.78, 5) is 38.0. The molecule has 0 aromatic heterocycles. The number of halogens is 3. The molecular weight excluding hydrogens is 475 g/mol. The molecule has 1 aromatic carbocycles. The summed E-state index contributed by atoms with van der Waals surface area (Å²) in [6, 6.07) is 3.29. The monoisotopic (exact) mass is 507 g/mol. The third-order valence-corrected chi connectivity index (χ3v) is 5.00. The number of benzene rings is 1. The van der Waals surface area contributed by atoms with Gasteiger partial charge in [0.15, 0.2) is 11.5 Å². The lowest BCUT2D eigenvalue weighted by atomic mass is 10.1.